The molecule has 0 aliphatic carbocycles. The first-order chi connectivity index (χ1) is 8.34. The number of hydrogen-bond acceptors (Lipinski definition) is 1. The van der Waals surface area contributed by atoms with Crippen LogP contribution in [0.4, 0.5) is 0 Å². The molecule has 1 N–H and O–H groups in total. The summed E-state index contributed by atoms with van der Waals surface area (Å²) in [6.07, 6.45) is 6.14. The zero-order valence-electron chi connectivity index (χ0n) is 10.4. The minimum absolute atomic E-state index is 0.734. The first-order valence-electron chi connectivity index (χ1n) is 6.63. The molecule has 17 heavy (non-hydrogen) atoms. The van der Waals surface area contributed by atoms with Crippen LogP contribution < -0.4 is 0 Å². The smallest absolute Gasteiger partial charge is 0.0457 e. The Kier molecular flexibility index (Phi) is 2.89. The molecule has 3 rings (SSSR count). The zero-order valence-corrected chi connectivity index (χ0v) is 10.4. The lowest BCUT2D eigenvalue weighted by Crippen LogP contribution is -2.36. The number of nitrogens with one attached hydrogen (secondary N) is 1. The number of rotatable bonds is 2. The van der Waals surface area contributed by atoms with Gasteiger partial charge in [0.25, 0.3) is 0 Å². The van der Waals surface area contributed by atoms with Gasteiger partial charge in [-0.15, -0.1) is 0 Å². The van der Waals surface area contributed by atoms with Crippen LogP contribution in [0.5, 0.6) is 0 Å². The van der Waals surface area contributed by atoms with E-state index in [4.69, 9.17) is 0 Å². The Labute approximate surface area is 103 Å². The zero-order chi connectivity index (χ0) is 11.7. The van der Waals surface area contributed by atoms with E-state index in [0.29, 0.717) is 0 Å². The molecule has 0 saturated carbocycles. The summed E-state index contributed by atoms with van der Waals surface area (Å²) in [4.78, 5) is 5.91. The van der Waals surface area contributed by atoms with Crippen LogP contribution in [0.2, 0.25) is 0 Å². The van der Waals surface area contributed by atoms with Gasteiger partial charge in [-0.1, -0.05) is 18.6 Å². The van der Waals surface area contributed by atoms with E-state index in [0.717, 1.165) is 12.6 Å². The minimum atomic E-state index is 0.734. The maximum atomic E-state index is 3.29. The van der Waals surface area contributed by atoms with Gasteiger partial charge in [-0.3, -0.25) is 4.90 Å². The molecule has 0 bridgehead atoms. The Hall–Kier alpha value is -1.28. The van der Waals surface area contributed by atoms with E-state index in [9.17, 15) is 0 Å². The van der Waals surface area contributed by atoms with Gasteiger partial charge in [0.2, 0.25) is 0 Å². The average molecular weight is 228 g/mol. The third-order valence-corrected chi connectivity index (χ3v) is 4.00. The van der Waals surface area contributed by atoms with Crippen LogP contribution in [0.15, 0.2) is 30.5 Å². The fraction of sp³-hybridized carbons (Fsp3) is 0.467. The molecule has 1 saturated heterocycles. The Balaban J connectivity index is 1.86. The molecule has 1 fully saturated rings. The molecule has 2 heterocycles. The van der Waals surface area contributed by atoms with Crippen molar-refractivity contribution in [1.29, 1.82) is 0 Å². The highest BCUT2D eigenvalue weighted by molar-refractivity contribution is 5.82. The molecule has 1 atom stereocenters. The van der Waals surface area contributed by atoms with E-state index < -0.39 is 0 Å². The number of piperidine rings is 1. The highest BCUT2D eigenvalue weighted by Gasteiger charge is 2.18. The van der Waals surface area contributed by atoms with Crippen LogP contribution in [0.3, 0.4) is 0 Å². The van der Waals surface area contributed by atoms with Crippen molar-refractivity contribution in [2.24, 2.45) is 0 Å². The lowest BCUT2D eigenvalue weighted by Gasteiger charge is -2.33. The molecule has 90 valence electrons. The monoisotopic (exact) mass is 228 g/mol. The molecule has 1 unspecified atom stereocenters. The van der Waals surface area contributed by atoms with E-state index in [2.05, 4.69) is 41.1 Å². The summed E-state index contributed by atoms with van der Waals surface area (Å²) in [6.45, 7) is 4.70. The second-order valence-corrected chi connectivity index (χ2v) is 5.17. The van der Waals surface area contributed by atoms with E-state index in [-0.39, 0.29) is 0 Å². The van der Waals surface area contributed by atoms with Gasteiger partial charge < -0.3 is 4.98 Å². The van der Waals surface area contributed by atoms with Crippen molar-refractivity contribution in [3.63, 3.8) is 0 Å². The molecule has 0 radical (unpaired) electrons. The van der Waals surface area contributed by atoms with Gasteiger partial charge in [-0.05, 0) is 44.0 Å². The summed E-state index contributed by atoms with van der Waals surface area (Å²) < 4.78 is 0. The van der Waals surface area contributed by atoms with Gasteiger partial charge >= 0.3 is 0 Å². The van der Waals surface area contributed by atoms with Crippen molar-refractivity contribution in [2.45, 2.75) is 38.8 Å². The fourth-order valence-corrected chi connectivity index (χ4v) is 2.90. The van der Waals surface area contributed by atoms with Crippen LogP contribution in [-0.2, 0) is 6.54 Å². The predicted octanol–water partition coefficient (Wildman–Crippen LogP) is 3.54. The SMILES string of the molecule is CC1CCCCN1Cc1cccc2[nH]ccc12. The lowest BCUT2D eigenvalue weighted by molar-refractivity contribution is 0.153. The van der Waals surface area contributed by atoms with Crippen molar-refractivity contribution in [3.05, 3.63) is 36.0 Å². The third-order valence-electron chi connectivity index (χ3n) is 4.00. The maximum Gasteiger partial charge on any atom is 0.0457 e. The summed E-state index contributed by atoms with van der Waals surface area (Å²) in [5.74, 6) is 0. The highest BCUT2D eigenvalue weighted by atomic mass is 15.2. The quantitative estimate of drug-likeness (QED) is 0.833. The van der Waals surface area contributed by atoms with Gasteiger partial charge in [0.1, 0.15) is 0 Å². The summed E-state index contributed by atoms with van der Waals surface area (Å²) >= 11 is 0. The molecule has 2 nitrogen and oxygen atoms in total. The maximum absolute atomic E-state index is 3.29. The van der Waals surface area contributed by atoms with E-state index in [1.54, 1.807) is 0 Å². The van der Waals surface area contributed by atoms with Gasteiger partial charge in [0.15, 0.2) is 0 Å². The van der Waals surface area contributed by atoms with Gasteiger partial charge in [-0.2, -0.15) is 0 Å². The number of hydrogen-bond donors (Lipinski definition) is 1. The van der Waals surface area contributed by atoms with E-state index in [1.807, 2.05) is 6.20 Å². The van der Waals surface area contributed by atoms with Crippen LogP contribution in [-0.4, -0.2) is 22.5 Å². The minimum Gasteiger partial charge on any atom is -0.361 e. The molecule has 1 aliphatic heterocycles. The first kappa shape index (κ1) is 10.8. The topological polar surface area (TPSA) is 19.0 Å². The molecular weight excluding hydrogens is 208 g/mol. The molecule has 0 spiro atoms. The Morgan fingerprint density at radius 1 is 1.29 bits per heavy atom. The average Bonchev–Trinajstić information content (AvgIpc) is 2.81. The van der Waals surface area contributed by atoms with Crippen LogP contribution >= 0.6 is 0 Å². The van der Waals surface area contributed by atoms with Crippen molar-refractivity contribution in [2.75, 3.05) is 6.54 Å². The highest BCUT2D eigenvalue weighted by Crippen LogP contribution is 2.23. The molecule has 1 aromatic carbocycles. The Bertz CT molecular complexity index is 500. The van der Waals surface area contributed by atoms with Gasteiger partial charge in [-0.25, -0.2) is 0 Å². The van der Waals surface area contributed by atoms with Crippen LogP contribution in [0.25, 0.3) is 10.9 Å². The summed E-state index contributed by atoms with van der Waals surface area (Å²) in [5, 5.41) is 1.38. The number of aromatic amines is 1. The molecule has 1 aliphatic rings. The largest absolute Gasteiger partial charge is 0.361 e. The van der Waals surface area contributed by atoms with Crippen molar-refractivity contribution < 1.29 is 0 Å². The second-order valence-electron chi connectivity index (χ2n) is 5.17. The second kappa shape index (κ2) is 4.53. The molecule has 1 aromatic heterocycles. The summed E-state index contributed by atoms with van der Waals surface area (Å²) in [5.41, 5.74) is 2.71. The molecular formula is C15H20N2. The number of likely N-dealkylation sites (tertiary alicyclic amines) is 1. The molecule has 2 aromatic rings. The number of nitrogens with zero attached hydrogens (tertiary/aromatic N) is 1. The number of H-pyrrole nitrogens is 1. The summed E-state index contributed by atoms with van der Waals surface area (Å²) in [6, 6.07) is 9.50. The number of benzene rings is 1. The lowest BCUT2D eigenvalue weighted by atomic mass is 10.0. The van der Waals surface area contributed by atoms with E-state index in [1.165, 1.54) is 42.3 Å². The number of fused-ring (bicyclic) bond motifs is 1. The third kappa shape index (κ3) is 2.09. The molecule has 2 heteroatoms. The van der Waals surface area contributed by atoms with Gasteiger partial charge in [0.05, 0.1) is 0 Å². The van der Waals surface area contributed by atoms with Crippen molar-refractivity contribution in [1.82, 2.24) is 9.88 Å². The normalized spacial score (nSPS) is 22.1. The first-order valence-corrected chi connectivity index (χ1v) is 6.63. The molecule has 0 amide bonds. The van der Waals surface area contributed by atoms with Gasteiger partial charge in [0, 0.05) is 29.7 Å². The Morgan fingerprint density at radius 2 is 2.24 bits per heavy atom. The van der Waals surface area contributed by atoms with Crippen LogP contribution in [0.1, 0.15) is 31.7 Å². The van der Waals surface area contributed by atoms with Crippen molar-refractivity contribution >= 4 is 10.9 Å². The number of aromatic nitrogens is 1. The van der Waals surface area contributed by atoms with Crippen LogP contribution in [0, 0.1) is 0 Å². The summed E-state index contributed by atoms with van der Waals surface area (Å²) in [7, 11) is 0. The predicted molar refractivity (Wildman–Crippen MR) is 72.0 cm³/mol. The Morgan fingerprint density at radius 3 is 3.12 bits per heavy atom. The standard InChI is InChI=1S/C15H20N2/c1-12-5-2-3-10-17(12)11-13-6-4-7-15-14(13)8-9-16-15/h4,6-9,12,16H,2-3,5,10-11H2,1H3. The van der Waals surface area contributed by atoms with Crippen molar-refractivity contribution in [3.8, 4) is 0 Å². The fourth-order valence-electron chi connectivity index (χ4n) is 2.90. The van der Waals surface area contributed by atoms with E-state index >= 15 is 0 Å².